The Morgan fingerprint density at radius 3 is 2.66 bits per heavy atom. The molecule has 2 atom stereocenters. The first-order chi connectivity index (χ1) is 20.1. The van der Waals surface area contributed by atoms with E-state index in [1.807, 2.05) is 73.7 Å². The predicted molar refractivity (Wildman–Crippen MR) is 150 cm³/mol. The van der Waals surface area contributed by atoms with Crippen molar-refractivity contribution in [1.82, 2.24) is 40.5 Å². The summed E-state index contributed by atoms with van der Waals surface area (Å²) in [6, 6.07) is 21.3. The topological polar surface area (TPSA) is 133 Å². The highest BCUT2D eigenvalue weighted by Gasteiger charge is 2.34. The molecule has 208 valence electrons. The number of hydrogen-bond donors (Lipinski definition) is 1. The van der Waals surface area contributed by atoms with Gasteiger partial charge in [0.05, 0.1) is 17.3 Å². The Bertz CT molecular complexity index is 1650. The zero-order valence-electron chi connectivity index (χ0n) is 22.5. The number of aromatic nitrogens is 7. The Balaban J connectivity index is 1.41. The third kappa shape index (κ3) is 5.54. The summed E-state index contributed by atoms with van der Waals surface area (Å²) in [6.45, 7) is 2.85. The highest BCUT2D eigenvalue weighted by molar-refractivity contribution is 6.01. The molecule has 12 nitrogen and oxygen atoms in total. The monoisotopic (exact) mass is 551 g/mol. The first-order valence-corrected chi connectivity index (χ1v) is 13.5. The van der Waals surface area contributed by atoms with E-state index in [-0.39, 0.29) is 24.5 Å². The number of rotatable bonds is 9. The van der Waals surface area contributed by atoms with E-state index in [9.17, 15) is 9.59 Å². The maximum Gasteiger partial charge on any atom is 0.249 e. The van der Waals surface area contributed by atoms with E-state index >= 15 is 0 Å². The quantitative estimate of drug-likeness (QED) is 0.296. The summed E-state index contributed by atoms with van der Waals surface area (Å²) in [6.07, 6.45) is 3.31. The highest BCUT2D eigenvalue weighted by Crippen LogP contribution is 2.31. The highest BCUT2D eigenvalue weighted by atomic mass is 16.5. The summed E-state index contributed by atoms with van der Waals surface area (Å²) in [7, 11) is 0. The molecule has 0 bridgehead atoms. The molecule has 1 saturated heterocycles. The average Bonchev–Trinajstić information content (AvgIpc) is 3.78. The fourth-order valence-electron chi connectivity index (χ4n) is 5.16. The third-order valence-electron chi connectivity index (χ3n) is 7.18. The lowest BCUT2D eigenvalue weighted by Crippen LogP contribution is -2.46. The Morgan fingerprint density at radius 1 is 1.07 bits per heavy atom. The molecule has 0 spiro atoms. The van der Waals surface area contributed by atoms with Crippen molar-refractivity contribution in [1.29, 1.82) is 0 Å². The third-order valence-corrected chi connectivity index (χ3v) is 7.18. The number of benzene rings is 3. The van der Waals surface area contributed by atoms with Crippen LogP contribution in [-0.2, 0) is 20.9 Å². The SMILES string of the molecule is Cc1cc(N(C(=O)Cn2nnc3ccccc32)[C@@H](C(=O)NC[C@@H]2CCCO2)c2ccccc2)ccc1-n1cnnn1. The first kappa shape index (κ1) is 26.3. The van der Waals surface area contributed by atoms with Crippen LogP contribution in [0.15, 0.2) is 79.1 Å². The van der Waals surface area contributed by atoms with E-state index in [0.29, 0.717) is 29.9 Å². The number of ether oxygens (including phenoxy) is 1. The molecule has 0 unspecified atom stereocenters. The maximum atomic E-state index is 14.3. The van der Waals surface area contributed by atoms with Crippen molar-refractivity contribution in [2.24, 2.45) is 0 Å². The van der Waals surface area contributed by atoms with Crippen LogP contribution in [-0.4, -0.2) is 66.3 Å². The van der Waals surface area contributed by atoms with E-state index in [1.54, 1.807) is 15.4 Å². The van der Waals surface area contributed by atoms with Crippen LogP contribution in [0.25, 0.3) is 16.7 Å². The molecule has 3 heterocycles. The van der Waals surface area contributed by atoms with Crippen LogP contribution in [0.1, 0.15) is 30.0 Å². The lowest BCUT2D eigenvalue weighted by molar-refractivity contribution is -0.127. The van der Waals surface area contributed by atoms with Gasteiger partial charge in [-0.15, -0.1) is 10.2 Å². The Morgan fingerprint density at radius 2 is 1.90 bits per heavy atom. The Kier molecular flexibility index (Phi) is 7.46. The summed E-state index contributed by atoms with van der Waals surface area (Å²) < 4.78 is 8.83. The molecule has 2 aromatic heterocycles. The minimum atomic E-state index is -0.946. The van der Waals surface area contributed by atoms with Crippen molar-refractivity contribution in [3.8, 4) is 5.69 Å². The molecule has 1 aliphatic rings. The maximum absolute atomic E-state index is 14.3. The second-order valence-corrected chi connectivity index (χ2v) is 9.92. The van der Waals surface area contributed by atoms with Gasteiger partial charge >= 0.3 is 0 Å². The lowest BCUT2D eigenvalue weighted by Gasteiger charge is -2.32. The molecular weight excluding hydrogens is 522 g/mol. The molecule has 6 rings (SSSR count). The molecule has 5 aromatic rings. The van der Waals surface area contributed by atoms with Gasteiger partial charge in [0.25, 0.3) is 0 Å². The van der Waals surface area contributed by atoms with Crippen LogP contribution in [0, 0.1) is 6.92 Å². The van der Waals surface area contributed by atoms with Gasteiger partial charge < -0.3 is 10.1 Å². The number of nitrogens with zero attached hydrogens (tertiary/aromatic N) is 8. The fraction of sp³-hybridized carbons (Fsp3) is 0.276. The van der Waals surface area contributed by atoms with Crippen molar-refractivity contribution >= 4 is 28.5 Å². The second kappa shape index (κ2) is 11.6. The molecule has 1 N–H and O–H groups in total. The van der Waals surface area contributed by atoms with Crippen LogP contribution in [0.3, 0.4) is 0 Å². The average molecular weight is 552 g/mol. The molecule has 3 aromatic carbocycles. The van der Waals surface area contributed by atoms with Gasteiger partial charge in [0, 0.05) is 18.8 Å². The van der Waals surface area contributed by atoms with Gasteiger partial charge in [-0.1, -0.05) is 47.7 Å². The number of carbonyl (C=O) groups excluding carboxylic acids is 2. The molecule has 0 aliphatic carbocycles. The number of nitrogens with one attached hydrogen (secondary N) is 1. The number of fused-ring (bicyclic) bond motifs is 1. The number of tetrazole rings is 1. The van der Waals surface area contributed by atoms with E-state index < -0.39 is 6.04 Å². The number of amides is 2. The number of para-hydroxylation sites is 1. The number of anilines is 1. The zero-order valence-corrected chi connectivity index (χ0v) is 22.5. The number of carbonyl (C=O) groups is 2. The normalized spacial score (nSPS) is 15.6. The van der Waals surface area contributed by atoms with Crippen LogP contribution in [0.2, 0.25) is 0 Å². The Hall–Kier alpha value is -4.97. The molecule has 41 heavy (non-hydrogen) atoms. The standard InChI is InChI=1S/C29H29N9O3/c1-20-16-22(13-14-25(20)37-19-31-33-35-37)38(27(39)18-36-26-12-6-5-11-24(26)32-34-36)28(21-8-3-2-4-9-21)29(40)30-17-23-10-7-15-41-23/h2-6,8-9,11-14,16,19,23,28H,7,10,15,17-18H2,1H3,(H,30,40)/t23-,28+/m0/s1. The summed E-state index contributed by atoms with van der Waals surface area (Å²) in [5, 5.41) is 22.9. The summed E-state index contributed by atoms with van der Waals surface area (Å²) >= 11 is 0. The van der Waals surface area contributed by atoms with Gasteiger partial charge in [-0.3, -0.25) is 14.5 Å². The van der Waals surface area contributed by atoms with E-state index in [2.05, 4.69) is 31.2 Å². The molecule has 1 aliphatic heterocycles. The second-order valence-electron chi connectivity index (χ2n) is 9.92. The van der Waals surface area contributed by atoms with Gasteiger partial charge in [0.1, 0.15) is 24.4 Å². The summed E-state index contributed by atoms with van der Waals surface area (Å²) in [5.74, 6) is -0.623. The van der Waals surface area contributed by atoms with Gasteiger partial charge in [0.2, 0.25) is 11.8 Å². The predicted octanol–water partition coefficient (Wildman–Crippen LogP) is 2.79. The minimum absolute atomic E-state index is 0.0427. The molecule has 0 radical (unpaired) electrons. The molecule has 1 fully saturated rings. The lowest BCUT2D eigenvalue weighted by atomic mass is 10.0. The minimum Gasteiger partial charge on any atom is -0.376 e. The van der Waals surface area contributed by atoms with Gasteiger partial charge in [-0.2, -0.15) is 0 Å². The molecular formula is C29H29N9O3. The van der Waals surface area contributed by atoms with Crippen molar-refractivity contribution < 1.29 is 14.3 Å². The first-order valence-electron chi connectivity index (χ1n) is 13.5. The van der Waals surface area contributed by atoms with Crippen LogP contribution >= 0.6 is 0 Å². The smallest absolute Gasteiger partial charge is 0.249 e. The van der Waals surface area contributed by atoms with Crippen molar-refractivity contribution in [3.63, 3.8) is 0 Å². The molecule has 0 saturated carbocycles. The number of hydrogen-bond acceptors (Lipinski definition) is 8. The zero-order chi connectivity index (χ0) is 28.2. The Labute approximate surface area is 235 Å². The van der Waals surface area contributed by atoms with Crippen LogP contribution in [0.4, 0.5) is 5.69 Å². The van der Waals surface area contributed by atoms with E-state index in [1.165, 1.54) is 11.2 Å². The van der Waals surface area contributed by atoms with Gasteiger partial charge in [-0.25, -0.2) is 9.36 Å². The van der Waals surface area contributed by atoms with Crippen molar-refractivity contribution in [3.05, 3.63) is 90.3 Å². The van der Waals surface area contributed by atoms with E-state index in [4.69, 9.17) is 4.74 Å². The fourth-order valence-corrected chi connectivity index (χ4v) is 5.16. The number of aryl methyl sites for hydroxylation is 1. The van der Waals surface area contributed by atoms with Crippen molar-refractivity contribution in [2.45, 2.75) is 38.5 Å². The summed E-state index contributed by atoms with van der Waals surface area (Å²) in [4.78, 5) is 29.7. The van der Waals surface area contributed by atoms with Gasteiger partial charge in [-0.05, 0) is 71.7 Å². The molecule has 12 heteroatoms. The largest absolute Gasteiger partial charge is 0.376 e. The van der Waals surface area contributed by atoms with Crippen molar-refractivity contribution in [2.75, 3.05) is 18.1 Å². The van der Waals surface area contributed by atoms with Crippen LogP contribution in [0.5, 0.6) is 0 Å². The summed E-state index contributed by atoms with van der Waals surface area (Å²) in [5.41, 5.74) is 4.22. The van der Waals surface area contributed by atoms with E-state index in [0.717, 1.165) is 29.6 Å². The van der Waals surface area contributed by atoms with Crippen LogP contribution < -0.4 is 10.2 Å². The molecule has 2 amide bonds. The van der Waals surface area contributed by atoms with Gasteiger partial charge in [0.15, 0.2) is 0 Å².